The Morgan fingerprint density at radius 1 is 1.53 bits per heavy atom. The minimum Gasteiger partial charge on any atom is -0.488 e. The van der Waals surface area contributed by atoms with E-state index in [2.05, 4.69) is 11.4 Å². The zero-order valence-electron chi connectivity index (χ0n) is 10.2. The maximum Gasteiger partial charge on any atom is 0.123 e. The second-order valence-electron chi connectivity index (χ2n) is 4.13. The van der Waals surface area contributed by atoms with Crippen LogP contribution in [-0.2, 0) is 11.2 Å². The molecule has 0 bridgehead atoms. The zero-order chi connectivity index (χ0) is 12.1. The van der Waals surface area contributed by atoms with Gasteiger partial charge in [0.15, 0.2) is 0 Å². The lowest BCUT2D eigenvalue weighted by Gasteiger charge is -2.08. The molecule has 1 atom stereocenters. The summed E-state index contributed by atoms with van der Waals surface area (Å²) in [6, 6.07) is 6.18. The van der Waals surface area contributed by atoms with Crippen LogP contribution in [0, 0.1) is 0 Å². The van der Waals surface area contributed by atoms with E-state index in [1.165, 1.54) is 5.56 Å². The molecule has 3 N–H and O–H groups in total. The molecule has 0 saturated heterocycles. The van der Waals surface area contributed by atoms with Crippen LogP contribution in [0.2, 0.25) is 0 Å². The minimum atomic E-state index is 0.142. The smallest absolute Gasteiger partial charge is 0.123 e. The number of hydrogen-bond donors (Lipinski definition) is 2. The summed E-state index contributed by atoms with van der Waals surface area (Å²) >= 11 is 0. The second kappa shape index (κ2) is 5.89. The first kappa shape index (κ1) is 12.2. The third-order valence-corrected chi connectivity index (χ3v) is 2.84. The van der Waals surface area contributed by atoms with Gasteiger partial charge in [-0.2, -0.15) is 0 Å². The van der Waals surface area contributed by atoms with Crippen molar-refractivity contribution in [3.8, 4) is 5.75 Å². The van der Waals surface area contributed by atoms with Crippen molar-refractivity contribution in [1.29, 1.82) is 0 Å². The van der Waals surface area contributed by atoms with Gasteiger partial charge in [0.25, 0.3) is 0 Å². The fourth-order valence-corrected chi connectivity index (χ4v) is 1.97. The SMILES string of the molecule is CCOCCNc1ccc2c(c1)CC(CN)O2. The highest BCUT2D eigenvalue weighted by Crippen LogP contribution is 2.30. The molecule has 0 aromatic heterocycles. The third-order valence-electron chi connectivity index (χ3n) is 2.84. The van der Waals surface area contributed by atoms with Crippen LogP contribution in [0.4, 0.5) is 5.69 Å². The molecule has 0 radical (unpaired) electrons. The highest BCUT2D eigenvalue weighted by Gasteiger charge is 2.21. The van der Waals surface area contributed by atoms with Crippen molar-refractivity contribution in [2.45, 2.75) is 19.4 Å². The van der Waals surface area contributed by atoms with Crippen LogP contribution >= 0.6 is 0 Å². The van der Waals surface area contributed by atoms with E-state index in [-0.39, 0.29) is 6.10 Å². The molecular weight excluding hydrogens is 216 g/mol. The average molecular weight is 236 g/mol. The molecule has 1 unspecified atom stereocenters. The molecule has 1 aliphatic rings. The van der Waals surface area contributed by atoms with Crippen LogP contribution in [0.5, 0.6) is 5.75 Å². The number of benzene rings is 1. The number of anilines is 1. The van der Waals surface area contributed by atoms with Crippen molar-refractivity contribution in [3.05, 3.63) is 23.8 Å². The average Bonchev–Trinajstić information content (AvgIpc) is 2.77. The highest BCUT2D eigenvalue weighted by atomic mass is 16.5. The van der Waals surface area contributed by atoms with Crippen LogP contribution in [0.1, 0.15) is 12.5 Å². The minimum absolute atomic E-state index is 0.142. The number of nitrogens with two attached hydrogens (primary N) is 1. The highest BCUT2D eigenvalue weighted by molar-refractivity contribution is 5.52. The monoisotopic (exact) mass is 236 g/mol. The van der Waals surface area contributed by atoms with Crippen molar-refractivity contribution < 1.29 is 9.47 Å². The predicted octanol–water partition coefficient (Wildman–Crippen LogP) is 1.40. The molecule has 1 aliphatic heterocycles. The van der Waals surface area contributed by atoms with Gasteiger partial charge in [-0.3, -0.25) is 0 Å². The Morgan fingerprint density at radius 3 is 3.18 bits per heavy atom. The molecular formula is C13H20N2O2. The van der Waals surface area contributed by atoms with Crippen LogP contribution in [0.25, 0.3) is 0 Å². The summed E-state index contributed by atoms with van der Waals surface area (Å²) in [5.74, 6) is 0.968. The van der Waals surface area contributed by atoms with Gasteiger partial charge in [0.2, 0.25) is 0 Å². The first-order chi connectivity index (χ1) is 8.33. The summed E-state index contributed by atoms with van der Waals surface area (Å²) < 4.78 is 11.0. The number of hydrogen-bond acceptors (Lipinski definition) is 4. The molecule has 0 amide bonds. The van der Waals surface area contributed by atoms with Gasteiger partial charge < -0.3 is 20.5 Å². The molecule has 4 nitrogen and oxygen atoms in total. The summed E-state index contributed by atoms with van der Waals surface area (Å²) in [7, 11) is 0. The molecule has 0 saturated carbocycles. The largest absolute Gasteiger partial charge is 0.488 e. The van der Waals surface area contributed by atoms with Crippen molar-refractivity contribution in [3.63, 3.8) is 0 Å². The van der Waals surface area contributed by atoms with E-state index < -0.39 is 0 Å². The fourth-order valence-electron chi connectivity index (χ4n) is 1.97. The maximum absolute atomic E-state index is 5.68. The third kappa shape index (κ3) is 3.11. The molecule has 17 heavy (non-hydrogen) atoms. The topological polar surface area (TPSA) is 56.5 Å². The lowest BCUT2D eigenvalue weighted by Crippen LogP contribution is -2.24. The van der Waals surface area contributed by atoms with Crippen molar-refractivity contribution >= 4 is 5.69 Å². The number of ether oxygens (including phenoxy) is 2. The molecule has 2 rings (SSSR count). The van der Waals surface area contributed by atoms with Gasteiger partial charge in [-0.15, -0.1) is 0 Å². The Balaban J connectivity index is 1.89. The lowest BCUT2D eigenvalue weighted by molar-refractivity contribution is 0.158. The van der Waals surface area contributed by atoms with Crippen molar-refractivity contribution in [1.82, 2.24) is 0 Å². The molecule has 1 aromatic carbocycles. The molecule has 0 spiro atoms. The second-order valence-corrected chi connectivity index (χ2v) is 4.13. The summed E-state index contributed by atoms with van der Waals surface area (Å²) in [4.78, 5) is 0. The first-order valence-electron chi connectivity index (χ1n) is 6.14. The first-order valence-corrected chi connectivity index (χ1v) is 6.14. The van der Waals surface area contributed by atoms with E-state index >= 15 is 0 Å². The molecule has 1 heterocycles. The van der Waals surface area contributed by atoms with E-state index in [9.17, 15) is 0 Å². The van der Waals surface area contributed by atoms with Gasteiger partial charge in [-0.1, -0.05) is 0 Å². The molecule has 1 aromatic rings. The Labute approximate surface area is 102 Å². The molecule has 0 aliphatic carbocycles. The Morgan fingerprint density at radius 2 is 2.41 bits per heavy atom. The van der Waals surface area contributed by atoms with E-state index in [0.29, 0.717) is 6.54 Å². The number of rotatable bonds is 6. The van der Waals surface area contributed by atoms with E-state index in [0.717, 1.165) is 37.6 Å². The summed E-state index contributed by atoms with van der Waals surface area (Å²) in [6.07, 6.45) is 1.05. The van der Waals surface area contributed by atoms with Gasteiger partial charge >= 0.3 is 0 Å². The summed E-state index contributed by atoms with van der Waals surface area (Å²) in [5.41, 5.74) is 7.96. The molecule has 94 valence electrons. The summed E-state index contributed by atoms with van der Waals surface area (Å²) in [6.45, 7) is 4.89. The van der Waals surface area contributed by atoms with E-state index in [4.69, 9.17) is 15.2 Å². The molecule has 0 fully saturated rings. The van der Waals surface area contributed by atoms with Crippen LogP contribution in [0.3, 0.4) is 0 Å². The van der Waals surface area contributed by atoms with Gasteiger partial charge in [-0.05, 0) is 30.7 Å². The number of nitrogens with one attached hydrogen (secondary N) is 1. The standard InChI is InChI=1S/C13H20N2O2/c1-2-16-6-5-15-11-3-4-13-10(7-11)8-12(9-14)17-13/h3-4,7,12,15H,2,5-6,8-9,14H2,1H3. The van der Waals surface area contributed by atoms with Gasteiger partial charge in [0.1, 0.15) is 11.9 Å². The zero-order valence-corrected chi connectivity index (χ0v) is 10.2. The van der Waals surface area contributed by atoms with Gasteiger partial charge in [0.05, 0.1) is 6.61 Å². The van der Waals surface area contributed by atoms with Crippen LogP contribution in [-0.4, -0.2) is 32.4 Å². The molecule has 4 heteroatoms. The Bertz CT molecular complexity index is 368. The van der Waals surface area contributed by atoms with Crippen LogP contribution < -0.4 is 15.8 Å². The quantitative estimate of drug-likeness (QED) is 0.733. The van der Waals surface area contributed by atoms with Gasteiger partial charge in [0, 0.05) is 31.8 Å². The van der Waals surface area contributed by atoms with Crippen molar-refractivity contribution in [2.75, 3.05) is 31.6 Å². The normalized spacial score (nSPS) is 17.6. The Hall–Kier alpha value is -1.26. The lowest BCUT2D eigenvalue weighted by atomic mass is 10.1. The fraction of sp³-hybridized carbons (Fsp3) is 0.538. The number of fused-ring (bicyclic) bond motifs is 1. The summed E-state index contributed by atoms with van der Waals surface area (Å²) in [5, 5.41) is 3.33. The predicted molar refractivity (Wildman–Crippen MR) is 68.6 cm³/mol. The van der Waals surface area contributed by atoms with Crippen molar-refractivity contribution in [2.24, 2.45) is 5.73 Å². The van der Waals surface area contributed by atoms with Gasteiger partial charge in [-0.25, -0.2) is 0 Å². The van der Waals surface area contributed by atoms with Crippen LogP contribution in [0.15, 0.2) is 18.2 Å². The van der Waals surface area contributed by atoms with E-state index in [1.807, 2.05) is 19.1 Å². The maximum atomic E-state index is 5.68. The van der Waals surface area contributed by atoms with E-state index in [1.54, 1.807) is 0 Å². The Kier molecular flexibility index (Phi) is 4.23.